The van der Waals surface area contributed by atoms with Crippen LogP contribution < -0.4 is 10.0 Å². The van der Waals surface area contributed by atoms with Gasteiger partial charge in [0.05, 0.1) is 24.5 Å². The lowest BCUT2D eigenvalue weighted by atomic mass is 9.77. The Labute approximate surface area is 189 Å². The van der Waals surface area contributed by atoms with Crippen molar-refractivity contribution in [2.45, 2.75) is 56.5 Å². The molecule has 2 heterocycles. The lowest BCUT2D eigenvalue weighted by Crippen LogP contribution is -2.42. The number of fused-ring (bicyclic) bond motifs is 2. The number of amides is 1. The van der Waals surface area contributed by atoms with E-state index >= 15 is 0 Å². The number of allylic oxidation sites excluding steroid dienone is 2. The molecule has 2 bridgehead atoms. The molecule has 2 saturated heterocycles. The molecule has 1 aromatic rings. The van der Waals surface area contributed by atoms with Crippen molar-refractivity contribution >= 4 is 21.9 Å². The smallest absolute Gasteiger partial charge is 0.303 e. The quantitative estimate of drug-likeness (QED) is 0.304. The summed E-state index contributed by atoms with van der Waals surface area (Å²) in [6.45, 7) is 0.170. The zero-order valence-corrected chi connectivity index (χ0v) is 18.9. The molecule has 9 heteroatoms. The Kier molecular flexibility index (Phi) is 8.84. The number of benzene rings is 1. The van der Waals surface area contributed by atoms with Gasteiger partial charge in [0.15, 0.2) is 0 Å². The van der Waals surface area contributed by atoms with Crippen LogP contribution in [0.25, 0.3) is 0 Å². The average molecular weight is 465 g/mol. The molecule has 0 saturated carbocycles. The monoisotopic (exact) mass is 464 g/mol. The summed E-state index contributed by atoms with van der Waals surface area (Å²) in [5.41, 5.74) is 0.665. The van der Waals surface area contributed by atoms with Crippen molar-refractivity contribution < 1.29 is 27.9 Å². The van der Waals surface area contributed by atoms with Crippen LogP contribution in [0.1, 0.15) is 44.1 Å². The maximum atomic E-state index is 12.3. The van der Waals surface area contributed by atoms with Crippen LogP contribution in [0, 0.1) is 11.8 Å². The second-order valence-electron chi connectivity index (χ2n) is 8.48. The summed E-state index contributed by atoms with van der Waals surface area (Å²) in [5, 5.41) is 11.6. The van der Waals surface area contributed by atoms with Gasteiger partial charge in [0.25, 0.3) is 0 Å². The number of sulfonamides is 1. The predicted octanol–water partition coefficient (Wildman–Crippen LogP) is 2.22. The number of carboxylic acid groups (broad SMARTS) is 1. The lowest BCUT2D eigenvalue weighted by molar-refractivity contribution is -0.137. The van der Waals surface area contributed by atoms with Gasteiger partial charge in [-0.25, -0.2) is 13.1 Å². The number of unbranched alkanes of at least 4 members (excludes halogenated alkanes) is 1. The van der Waals surface area contributed by atoms with Gasteiger partial charge in [0, 0.05) is 18.9 Å². The molecule has 0 radical (unpaired) electrons. The summed E-state index contributed by atoms with van der Waals surface area (Å²) in [6, 6.07) is 8.83. The molecule has 3 N–H and O–H groups in total. The van der Waals surface area contributed by atoms with Gasteiger partial charge in [-0.1, -0.05) is 42.5 Å². The number of ether oxygens (including phenoxy) is 1. The molecule has 4 atom stereocenters. The highest BCUT2D eigenvalue weighted by Gasteiger charge is 2.47. The Bertz CT molecular complexity index is 902. The van der Waals surface area contributed by atoms with E-state index in [-0.39, 0.29) is 42.8 Å². The molecule has 0 aromatic heterocycles. The van der Waals surface area contributed by atoms with Crippen LogP contribution >= 0.6 is 0 Å². The second kappa shape index (κ2) is 11.6. The van der Waals surface area contributed by atoms with Gasteiger partial charge in [-0.15, -0.1) is 0 Å². The number of rotatable bonds is 13. The first kappa shape index (κ1) is 24.4. The normalized spacial score (nSPS) is 24.8. The molecule has 176 valence electrons. The topological polar surface area (TPSA) is 122 Å². The molecule has 0 aliphatic carbocycles. The van der Waals surface area contributed by atoms with Gasteiger partial charge < -0.3 is 15.2 Å². The minimum absolute atomic E-state index is 0.125. The van der Waals surface area contributed by atoms with Crippen molar-refractivity contribution in [2.24, 2.45) is 11.8 Å². The third-order valence-corrected chi connectivity index (χ3v) is 7.41. The number of carbonyl (C=O) groups is 2. The maximum Gasteiger partial charge on any atom is 0.303 e. The van der Waals surface area contributed by atoms with Gasteiger partial charge >= 0.3 is 5.97 Å². The summed E-state index contributed by atoms with van der Waals surface area (Å²) in [6.07, 6.45) is 8.78. The fraction of sp³-hybridized carbons (Fsp3) is 0.565. The van der Waals surface area contributed by atoms with E-state index in [9.17, 15) is 18.0 Å². The maximum absolute atomic E-state index is 12.3. The standard InChI is InChI=1S/C23H32N2O6S/c26-22(15-25-32(29,30)16-17-8-4-3-5-9-17)24-14-19-18(20-12-13-21(19)31-20)10-6-1-2-7-11-23(27)28/h1,3-6,8-9,18-21,25H,2,7,10-16H2,(H,24,26)(H,27,28)/b6-1-/t18-,19+,20-,21+/m1/s1. The number of carbonyl (C=O) groups excluding carboxylic acids is 1. The zero-order valence-electron chi connectivity index (χ0n) is 18.1. The number of nitrogens with one attached hydrogen (secondary N) is 2. The van der Waals surface area contributed by atoms with E-state index in [0.29, 0.717) is 24.4 Å². The van der Waals surface area contributed by atoms with Gasteiger partial charge in [-0.3, -0.25) is 9.59 Å². The fourth-order valence-corrected chi connectivity index (χ4v) is 5.62. The SMILES string of the molecule is O=C(O)CCC/C=C\C[C@@H]1[C@H](CNC(=O)CNS(=O)(=O)Cc2ccccc2)[C@@H]2CC[C@H]1O2. The predicted molar refractivity (Wildman–Crippen MR) is 120 cm³/mol. The Morgan fingerprint density at radius 2 is 1.81 bits per heavy atom. The van der Waals surface area contributed by atoms with E-state index < -0.39 is 16.0 Å². The number of hydrogen-bond acceptors (Lipinski definition) is 5. The third-order valence-electron chi connectivity index (χ3n) is 6.11. The van der Waals surface area contributed by atoms with Crippen molar-refractivity contribution in [1.82, 2.24) is 10.0 Å². The van der Waals surface area contributed by atoms with Crippen LogP contribution in [0.3, 0.4) is 0 Å². The van der Waals surface area contributed by atoms with Crippen molar-refractivity contribution in [3.8, 4) is 0 Å². The van der Waals surface area contributed by atoms with Crippen LogP contribution in [0.4, 0.5) is 0 Å². The minimum atomic E-state index is -3.59. The second-order valence-corrected chi connectivity index (χ2v) is 10.3. The van der Waals surface area contributed by atoms with Crippen LogP contribution in [-0.2, 0) is 30.1 Å². The van der Waals surface area contributed by atoms with E-state index in [1.807, 2.05) is 12.1 Å². The van der Waals surface area contributed by atoms with Crippen LogP contribution in [-0.4, -0.2) is 50.7 Å². The van der Waals surface area contributed by atoms with Crippen molar-refractivity contribution in [3.05, 3.63) is 48.0 Å². The molecule has 8 nitrogen and oxygen atoms in total. The van der Waals surface area contributed by atoms with Crippen molar-refractivity contribution in [2.75, 3.05) is 13.1 Å². The van der Waals surface area contributed by atoms with E-state index in [1.54, 1.807) is 24.3 Å². The average Bonchev–Trinajstić information content (AvgIpc) is 3.35. The van der Waals surface area contributed by atoms with Gasteiger partial charge in [0.1, 0.15) is 0 Å². The molecule has 1 amide bonds. The number of hydrogen-bond donors (Lipinski definition) is 3. The Hall–Kier alpha value is -2.23. The first-order valence-corrected chi connectivity index (χ1v) is 12.8. The molecular weight excluding hydrogens is 432 g/mol. The molecule has 32 heavy (non-hydrogen) atoms. The first-order valence-electron chi connectivity index (χ1n) is 11.1. The van der Waals surface area contributed by atoms with E-state index in [2.05, 4.69) is 16.1 Å². The Balaban J connectivity index is 1.41. The third kappa shape index (κ3) is 7.43. The van der Waals surface area contributed by atoms with Gasteiger partial charge in [-0.05, 0) is 43.6 Å². The highest BCUT2D eigenvalue weighted by molar-refractivity contribution is 7.88. The Morgan fingerprint density at radius 1 is 1.09 bits per heavy atom. The van der Waals surface area contributed by atoms with Crippen molar-refractivity contribution in [3.63, 3.8) is 0 Å². The Morgan fingerprint density at radius 3 is 2.53 bits per heavy atom. The largest absolute Gasteiger partial charge is 0.481 e. The molecule has 2 aliphatic rings. The summed E-state index contributed by atoms with van der Waals surface area (Å²) in [4.78, 5) is 22.8. The van der Waals surface area contributed by atoms with Gasteiger partial charge in [0.2, 0.25) is 15.9 Å². The van der Waals surface area contributed by atoms with E-state index in [4.69, 9.17) is 9.84 Å². The summed E-state index contributed by atoms with van der Waals surface area (Å²) >= 11 is 0. The fourth-order valence-electron chi connectivity index (χ4n) is 4.54. The van der Waals surface area contributed by atoms with Crippen LogP contribution in [0.15, 0.2) is 42.5 Å². The van der Waals surface area contributed by atoms with Crippen LogP contribution in [0.5, 0.6) is 0 Å². The first-order chi connectivity index (χ1) is 15.3. The molecule has 1 aromatic carbocycles. The van der Waals surface area contributed by atoms with Crippen molar-refractivity contribution in [1.29, 1.82) is 0 Å². The summed E-state index contributed by atoms with van der Waals surface area (Å²) in [7, 11) is -3.59. The molecule has 0 unspecified atom stereocenters. The van der Waals surface area contributed by atoms with E-state index in [1.165, 1.54) is 0 Å². The highest BCUT2D eigenvalue weighted by Crippen LogP contribution is 2.44. The van der Waals surface area contributed by atoms with Crippen LogP contribution in [0.2, 0.25) is 0 Å². The zero-order chi connectivity index (χ0) is 23.0. The molecule has 2 aliphatic heterocycles. The molecule has 0 spiro atoms. The molecule has 2 fully saturated rings. The van der Waals surface area contributed by atoms with Gasteiger partial charge in [-0.2, -0.15) is 0 Å². The number of aliphatic carboxylic acids is 1. The molecule has 3 rings (SSSR count). The summed E-state index contributed by atoms with van der Waals surface area (Å²) in [5.74, 6) is -0.797. The summed E-state index contributed by atoms with van der Waals surface area (Å²) < 4.78 is 32.8. The minimum Gasteiger partial charge on any atom is -0.481 e. The lowest BCUT2D eigenvalue weighted by Gasteiger charge is -2.27. The van der Waals surface area contributed by atoms with E-state index in [0.717, 1.165) is 25.7 Å². The molecular formula is C23H32N2O6S. The highest BCUT2D eigenvalue weighted by atomic mass is 32.2. The number of carboxylic acids is 1.